The number of carbonyl (C=O) groups excluding carboxylic acids is 2. The van der Waals surface area contributed by atoms with Gasteiger partial charge in [0.25, 0.3) is 11.8 Å². The van der Waals surface area contributed by atoms with Crippen LogP contribution in [0.5, 0.6) is 0 Å². The van der Waals surface area contributed by atoms with Crippen LogP contribution in [0.15, 0.2) is 36.5 Å². The lowest BCUT2D eigenvalue weighted by molar-refractivity contribution is 0.0944. The van der Waals surface area contributed by atoms with Crippen molar-refractivity contribution in [1.82, 2.24) is 20.4 Å². The van der Waals surface area contributed by atoms with Gasteiger partial charge in [0, 0.05) is 18.8 Å². The molecule has 1 unspecified atom stereocenters. The lowest BCUT2D eigenvalue weighted by Crippen LogP contribution is -2.32. The highest BCUT2D eigenvalue weighted by molar-refractivity contribution is 6.08. The van der Waals surface area contributed by atoms with Crippen molar-refractivity contribution in [2.45, 2.75) is 38.8 Å². The molecular formula is C19H26ClN5O2. The number of amides is 2. The van der Waals surface area contributed by atoms with E-state index in [1.165, 1.54) is 0 Å². The minimum atomic E-state index is -0.322. The number of hydrogen-bond acceptors (Lipinski definition) is 4. The van der Waals surface area contributed by atoms with Crippen LogP contribution in [-0.4, -0.2) is 40.7 Å². The van der Waals surface area contributed by atoms with Gasteiger partial charge in [0.1, 0.15) is 0 Å². The molecule has 2 amide bonds. The molecule has 146 valence electrons. The third-order valence-corrected chi connectivity index (χ3v) is 4.33. The number of nitrogens with zero attached hydrogens (tertiary/aromatic N) is 2. The minimum Gasteiger partial charge on any atom is -0.350 e. The third-order valence-electron chi connectivity index (χ3n) is 4.33. The highest BCUT2D eigenvalue weighted by Crippen LogP contribution is 2.18. The monoisotopic (exact) mass is 391 g/mol. The molecule has 1 aromatic heterocycles. The molecular weight excluding hydrogens is 366 g/mol. The Morgan fingerprint density at radius 1 is 1.22 bits per heavy atom. The summed E-state index contributed by atoms with van der Waals surface area (Å²) in [6, 6.07) is 8.97. The molecule has 8 heteroatoms. The summed E-state index contributed by atoms with van der Waals surface area (Å²) in [4.78, 5) is 24.9. The SMILES string of the molecule is CC(C)NC(=O)c1ccccc1NC(=O)c1ccn(C2CCCNC2)n1.Cl. The highest BCUT2D eigenvalue weighted by Gasteiger charge is 2.19. The summed E-state index contributed by atoms with van der Waals surface area (Å²) in [5.74, 6) is -0.535. The molecule has 1 atom stereocenters. The Balaban J connectivity index is 0.00000261. The summed E-state index contributed by atoms with van der Waals surface area (Å²) in [6.07, 6.45) is 3.99. The van der Waals surface area contributed by atoms with Gasteiger partial charge in [0.05, 0.1) is 17.3 Å². The molecule has 1 fully saturated rings. The van der Waals surface area contributed by atoms with Crippen molar-refractivity contribution in [2.24, 2.45) is 0 Å². The van der Waals surface area contributed by atoms with Crippen molar-refractivity contribution >= 4 is 29.9 Å². The van der Waals surface area contributed by atoms with Crippen molar-refractivity contribution in [3.05, 3.63) is 47.8 Å². The van der Waals surface area contributed by atoms with E-state index >= 15 is 0 Å². The normalized spacial score (nSPS) is 16.5. The molecule has 3 N–H and O–H groups in total. The van der Waals surface area contributed by atoms with Gasteiger partial charge in [0.15, 0.2) is 5.69 Å². The molecule has 1 aliphatic heterocycles. The zero-order chi connectivity index (χ0) is 18.5. The van der Waals surface area contributed by atoms with Crippen LogP contribution < -0.4 is 16.0 Å². The number of carbonyl (C=O) groups is 2. The molecule has 7 nitrogen and oxygen atoms in total. The van der Waals surface area contributed by atoms with E-state index in [0.717, 1.165) is 25.9 Å². The quantitative estimate of drug-likeness (QED) is 0.731. The van der Waals surface area contributed by atoms with Crippen LogP contribution in [0.2, 0.25) is 0 Å². The number of aromatic nitrogens is 2. The predicted octanol–water partition coefficient (Wildman–Crippen LogP) is 2.62. The lowest BCUT2D eigenvalue weighted by atomic mass is 10.1. The van der Waals surface area contributed by atoms with Crippen LogP contribution in [0.25, 0.3) is 0 Å². The van der Waals surface area contributed by atoms with Crippen molar-refractivity contribution in [1.29, 1.82) is 0 Å². The summed E-state index contributed by atoms with van der Waals surface area (Å²) in [6.45, 7) is 5.68. The predicted molar refractivity (Wildman–Crippen MR) is 108 cm³/mol. The Kier molecular flexibility index (Phi) is 7.38. The van der Waals surface area contributed by atoms with Crippen LogP contribution in [-0.2, 0) is 0 Å². The number of piperidine rings is 1. The van der Waals surface area contributed by atoms with E-state index < -0.39 is 0 Å². The first-order valence-electron chi connectivity index (χ1n) is 9.01. The first-order valence-corrected chi connectivity index (χ1v) is 9.01. The summed E-state index contributed by atoms with van der Waals surface area (Å²) >= 11 is 0. The molecule has 1 aliphatic rings. The average molecular weight is 392 g/mol. The Morgan fingerprint density at radius 2 is 2.00 bits per heavy atom. The van der Waals surface area contributed by atoms with Crippen LogP contribution in [0.1, 0.15) is 53.6 Å². The molecule has 1 aromatic carbocycles. The van der Waals surface area contributed by atoms with Crippen molar-refractivity contribution < 1.29 is 9.59 Å². The third kappa shape index (κ3) is 5.30. The number of halogens is 1. The zero-order valence-electron chi connectivity index (χ0n) is 15.6. The maximum atomic E-state index is 12.6. The maximum Gasteiger partial charge on any atom is 0.276 e. The van der Waals surface area contributed by atoms with Gasteiger partial charge in [-0.3, -0.25) is 14.3 Å². The standard InChI is InChI=1S/C19H25N5O2.ClH/c1-13(2)21-18(25)15-7-3-4-8-16(15)22-19(26)17-9-11-24(23-17)14-6-5-10-20-12-14;/h3-4,7-9,11,13-14,20H,5-6,10,12H2,1-2H3,(H,21,25)(H,22,26);1H. The number of hydrogen-bond donors (Lipinski definition) is 3. The van der Waals surface area contributed by atoms with Gasteiger partial charge in [-0.1, -0.05) is 12.1 Å². The number of nitrogens with one attached hydrogen (secondary N) is 3. The number of rotatable bonds is 5. The van der Waals surface area contributed by atoms with E-state index in [1.807, 2.05) is 24.7 Å². The van der Waals surface area contributed by atoms with Gasteiger partial charge in [-0.2, -0.15) is 5.10 Å². The second-order valence-electron chi connectivity index (χ2n) is 6.81. The summed E-state index contributed by atoms with van der Waals surface area (Å²) in [5.41, 5.74) is 1.25. The number of para-hydroxylation sites is 1. The zero-order valence-corrected chi connectivity index (χ0v) is 16.4. The molecule has 0 spiro atoms. The van der Waals surface area contributed by atoms with E-state index in [0.29, 0.717) is 16.9 Å². The average Bonchev–Trinajstić information content (AvgIpc) is 3.12. The molecule has 0 saturated carbocycles. The van der Waals surface area contributed by atoms with Gasteiger partial charge >= 0.3 is 0 Å². The largest absolute Gasteiger partial charge is 0.350 e. The fraction of sp³-hybridized carbons (Fsp3) is 0.421. The van der Waals surface area contributed by atoms with E-state index in [9.17, 15) is 9.59 Å². The van der Waals surface area contributed by atoms with Gasteiger partial charge < -0.3 is 16.0 Å². The number of benzene rings is 1. The molecule has 27 heavy (non-hydrogen) atoms. The Morgan fingerprint density at radius 3 is 2.70 bits per heavy atom. The summed E-state index contributed by atoms with van der Waals surface area (Å²) < 4.78 is 1.85. The molecule has 2 aromatic rings. The van der Waals surface area contributed by atoms with E-state index in [4.69, 9.17) is 0 Å². The van der Waals surface area contributed by atoms with Gasteiger partial charge in [-0.15, -0.1) is 12.4 Å². The summed E-state index contributed by atoms with van der Waals surface area (Å²) in [7, 11) is 0. The van der Waals surface area contributed by atoms with Gasteiger partial charge in [0.2, 0.25) is 0 Å². The molecule has 0 aliphatic carbocycles. The van der Waals surface area contributed by atoms with Crippen LogP contribution in [0, 0.1) is 0 Å². The molecule has 0 radical (unpaired) electrons. The fourth-order valence-corrected chi connectivity index (χ4v) is 3.04. The second-order valence-corrected chi connectivity index (χ2v) is 6.81. The van der Waals surface area contributed by atoms with Crippen molar-refractivity contribution in [2.75, 3.05) is 18.4 Å². The topological polar surface area (TPSA) is 88.0 Å². The van der Waals surface area contributed by atoms with Gasteiger partial charge in [-0.05, 0) is 51.4 Å². The van der Waals surface area contributed by atoms with Crippen LogP contribution >= 0.6 is 12.4 Å². The first kappa shape index (κ1) is 20.9. The Hall–Kier alpha value is -2.38. The van der Waals surface area contributed by atoms with Crippen molar-refractivity contribution in [3.63, 3.8) is 0 Å². The van der Waals surface area contributed by atoms with Crippen LogP contribution in [0.4, 0.5) is 5.69 Å². The highest BCUT2D eigenvalue weighted by atomic mass is 35.5. The van der Waals surface area contributed by atoms with Crippen LogP contribution in [0.3, 0.4) is 0 Å². The first-order chi connectivity index (χ1) is 12.5. The lowest BCUT2D eigenvalue weighted by Gasteiger charge is -2.22. The minimum absolute atomic E-state index is 0. The summed E-state index contributed by atoms with van der Waals surface area (Å²) in [5, 5.41) is 13.4. The smallest absolute Gasteiger partial charge is 0.276 e. The molecule has 0 bridgehead atoms. The fourth-order valence-electron chi connectivity index (χ4n) is 3.04. The molecule has 3 rings (SSSR count). The van der Waals surface area contributed by atoms with Crippen molar-refractivity contribution in [3.8, 4) is 0 Å². The van der Waals surface area contributed by atoms with E-state index in [2.05, 4.69) is 21.0 Å². The molecule has 2 heterocycles. The number of anilines is 1. The van der Waals surface area contributed by atoms with Gasteiger partial charge in [-0.25, -0.2) is 0 Å². The maximum absolute atomic E-state index is 12.6. The molecule has 1 saturated heterocycles. The second kappa shape index (κ2) is 9.53. The van der Waals surface area contributed by atoms with E-state index in [-0.39, 0.29) is 36.3 Å². The van der Waals surface area contributed by atoms with E-state index in [1.54, 1.807) is 30.3 Å². The Labute approximate surface area is 165 Å². The Bertz CT molecular complexity index is 784.